The summed E-state index contributed by atoms with van der Waals surface area (Å²) in [5.41, 5.74) is -0.321. The molecule has 0 bridgehead atoms. The highest BCUT2D eigenvalue weighted by atomic mass is 16.5. The van der Waals surface area contributed by atoms with Gasteiger partial charge in [-0.15, -0.1) is 0 Å². The van der Waals surface area contributed by atoms with Crippen LogP contribution in [0.4, 0.5) is 0 Å². The first-order valence-electron chi connectivity index (χ1n) is 3.43. The van der Waals surface area contributed by atoms with Crippen LogP contribution in [0.2, 0.25) is 0 Å². The zero-order chi connectivity index (χ0) is 7.90. The van der Waals surface area contributed by atoms with Gasteiger partial charge in [0.2, 0.25) is 0 Å². The summed E-state index contributed by atoms with van der Waals surface area (Å²) < 4.78 is 9.83. The maximum atomic E-state index is 9.65. The Bertz CT molecular complexity index is 264. The third kappa shape index (κ3) is 0.948. The Labute approximate surface area is 63.8 Å². The van der Waals surface area contributed by atoms with Crippen molar-refractivity contribution in [3.63, 3.8) is 0 Å². The minimum absolute atomic E-state index is 0.318. The lowest BCUT2D eigenvalue weighted by molar-refractivity contribution is -0.186. The SMILES string of the molecule is Cc1nc(C2(O)COC2)co1. The predicted octanol–water partition coefficient (Wildman–Crippen LogP) is 0.201. The van der Waals surface area contributed by atoms with Crippen LogP contribution in [0, 0.1) is 6.92 Å². The second-order valence-electron chi connectivity index (χ2n) is 2.78. The van der Waals surface area contributed by atoms with E-state index in [4.69, 9.17) is 9.15 Å². The molecule has 1 aromatic heterocycles. The number of aryl methyl sites for hydroxylation is 1. The average molecular weight is 155 g/mol. The van der Waals surface area contributed by atoms with Gasteiger partial charge in [-0.25, -0.2) is 4.98 Å². The summed E-state index contributed by atoms with van der Waals surface area (Å²) in [6.07, 6.45) is 1.47. The van der Waals surface area contributed by atoms with Crippen LogP contribution in [0.5, 0.6) is 0 Å². The molecule has 0 amide bonds. The fraction of sp³-hybridized carbons (Fsp3) is 0.571. The number of oxazole rings is 1. The summed E-state index contributed by atoms with van der Waals surface area (Å²) >= 11 is 0. The van der Waals surface area contributed by atoms with Gasteiger partial charge in [-0.3, -0.25) is 0 Å². The van der Waals surface area contributed by atoms with E-state index < -0.39 is 5.60 Å². The molecule has 4 heteroatoms. The summed E-state index contributed by atoms with van der Waals surface area (Å²) in [5, 5.41) is 9.65. The molecule has 0 saturated carbocycles. The van der Waals surface area contributed by atoms with Gasteiger partial charge in [0, 0.05) is 6.92 Å². The van der Waals surface area contributed by atoms with Crippen molar-refractivity contribution in [2.24, 2.45) is 0 Å². The minimum atomic E-state index is -0.891. The maximum Gasteiger partial charge on any atom is 0.191 e. The van der Waals surface area contributed by atoms with Crippen molar-refractivity contribution in [3.8, 4) is 0 Å². The molecule has 0 radical (unpaired) electrons. The molecule has 1 saturated heterocycles. The summed E-state index contributed by atoms with van der Waals surface area (Å²) in [7, 11) is 0. The van der Waals surface area contributed by atoms with E-state index in [9.17, 15) is 5.11 Å². The average Bonchev–Trinajstić information content (AvgIpc) is 2.31. The molecule has 0 spiro atoms. The number of rotatable bonds is 1. The Balaban J connectivity index is 2.28. The van der Waals surface area contributed by atoms with E-state index in [-0.39, 0.29) is 0 Å². The largest absolute Gasteiger partial charge is 0.449 e. The van der Waals surface area contributed by atoms with E-state index in [1.165, 1.54) is 6.26 Å². The van der Waals surface area contributed by atoms with Gasteiger partial charge in [-0.05, 0) is 0 Å². The molecule has 1 aromatic rings. The molecule has 0 unspecified atom stereocenters. The van der Waals surface area contributed by atoms with E-state index in [1.807, 2.05) is 0 Å². The number of aliphatic hydroxyl groups is 1. The number of aromatic nitrogens is 1. The lowest BCUT2D eigenvalue weighted by Gasteiger charge is -2.34. The lowest BCUT2D eigenvalue weighted by atomic mass is 9.99. The van der Waals surface area contributed by atoms with Gasteiger partial charge in [0.15, 0.2) is 11.5 Å². The fourth-order valence-electron chi connectivity index (χ4n) is 1.02. The molecule has 2 heterocycles. The molecule has 1 fully saturated rings. The molecular weight excluding hydrogens is 146 g/mol. The van der Waals surface area contributed by atoms with Crippen LogP contribution in [0.15, 0.2) is 10.7 Å². The molecule has 1 N–H and O–H groups in total. The molecule has 11 heavy (non-hydrogen) atoms. The van der Waals surface area contributed by atoms with Gasteiger partial charge in [0.25, 0.3) is 0 Å². The minimum Gasteiger partial charge on any atom is -0.449 e. The molecule has 2 rings (SSSR count). The van der Waals surface area contributed by atoms with Gasteiger partial charge in [0.1, 0.15) is 12.0 Å². The van der Waals surface area contributed by atoms with Gasteiger partial charge in [0.05, 0.1) is 13.2 Å². The zero-order valence-corrected chi connectivity index (χ0v) is 6.20. The Kier molecular flexibility index (Phi) is 1.27. The molecule has 0 atom stereocenters. The normalized spacial score (nSPS) is 21.3. The Hall–Kier alpha value is -0.870. The topological polar surface area (TPSA) is 55.5 Å². The van der Waals surface area contributed by atoms with Gasteiger partial charge < -0.3 is 14.3 Å². The Morgan fingerprint density at radius 1 is 1.64 bits per heavy atom. The second-order valence-corrected chi connectivity index (χ2v) is 2.78. The number of hydrogen-bond donors (Lipinski definition) is 1. The molecule has 1 aliphatic heterocycles. The van der Waals surface area contributed by atoms with Gasteiger partial charge in [-0.2, -0.15) is 0 Å². The number of nitrogens with zero attached hydrogens (tertiary/aromatic N) is 1. The monoisotopic (exact) mass is 155 g/mol. The van der Waals surface area contributed by atoms with Crippen LogP contribution in [-0.4, -0.2) is 23.3 Å². The van der Waals surface area contributed by atoms with Crippen molar-refractivity contribution in [1.29, 1.82) is 0 Å². The predicted molar refractivity (Wildman–Crippen MR) is 36.0 cm³/mol. The van der Waals surface area contributed by atoms with Crippen LogP contribution in [0.3, 0.4) is 0 Å². The van der Waals surface area contributed by atoms with Crippen LogP contribution >= 0.6 is 0 Å². The molecule has 60 valence electrons. The first-order chi connectivity index (χ1) is 5.21. The number of ether oxygens (including phenoxy) is 1. The standard InChI is InChI=1S/C7H9NO3/c1-5-8-6(2-11-5)7(9)3-10-4-7/h2,9H,3-4H2,1H3. The fourth-order valence-corrected chi connectivity index (χ4v) is 1.02. The summed E-state index contributed by atoms with van der Waals surface area (Å²) in [4.78, 5) is 4.01. The highest BCUT2D eigenvalue weighted by Gasteiger charge is 2.40. The first-order valence-corrected chi connectivity index (χ1v) is 3.43. The van der Waals surface area contributed by atoms with Crippen LogP contribution in [-0.2, 0) is 10.3 Å². The van der Waals surface area contributed by atoms with Crippen molar-refractivity contribution in [2.75, 3.05) is 13.2 Å². The summed E-state index contributed by atoms with van der Waals surface area (Å²) in [5.74, 6) is 0.570. The third-order valence-electron chi connectivity index (χ3n) is 1.78. The van der Waals surface area contributed by atoms with Crippen molar-refractivity contribution in [2.45, 2.75) is 12.5 Å². The van der Waals surface area contributed by atoms with Crippen molar-refractivity contribution >= 4 is 0 Å². The lowest BCUT2D eigenvalue weighted by Crippen LogP contribution is -2.46. The third-order valence-corrected chi connectivity index (χ3v) is 1.78. The molecular formula is C7H9NO3. The van der Waals surface area contributed by atoms with Crippen LogP contribution < -0.4 is 0 Å². The van der Waals surface area contributed by atoms with E-state index in [0.29, 0.717) is 24.8 Å². The van der Waals surface area contributed by atoms with Crippen LogP contribution in [0.25, 0.3) is 0 Å². The molecule has 1 aliphatic rings. The van der Waals surface area contributed by atoms with E-state index in [2.05, 4.69) is 4.98 Å². The zero-order valence-electron chi connectivity index (χ0n) is 6.20. The summed E-state index contributed by atoms with van der Waals surface area (Å²) in [6, 6.07) is 0. The smallest absolute Gasteiger partial charge is 0.191 e. The van der Waals surface area contributed by atoms with Crippen LogP contribution in [0.1, 0.15) is 11.6 Å². The Morgan fingerprint density at radius 3 is 2.73 bits per heavy atom. The van der Waals surface area contributed by atoms with Gasteiger partial charge >= 0.3 is 0 Å². The highest BCUT2D eigenvalue weighted by molar-refractivity contribution is 5.11. The molecule has 4 nitrogen and oxygen atoms in total. The quantitative estimate of drug-likeness (QED) is 0.629. The second kappa shape index (κ2) is 2.06. The summed E-state index contributed by atoms with van der Waals surface area (Å²) in [6.45, 7) is 2.38. The van der Waals surface area contributed by atoms with Crippen molar-refractivity contribution in [3.05, 3.63) is 17.8 Å². The van der Waals surface area contributed by atoms with Crippen molar-refractivity contribution < 1.29 is 14.3 Å². The molecule has 0 aliphatic carbocycles. The van der Waals surface area contributed by atoms with E-state index >= 15 is 0 Å². The van der Waals surface area contributed by atoms with Crippen molar-refractivity contribution in [1.82, 2.24) is 4.98 Å². The van der Waals surface area contributed by atoms with E-state index in [1.54, 1.807) is 6.92 Å². The number of hydrogen-bond acceptors (Lipinski definition) is 4. The maximum absolute atomic E-state index is 9.65. The van der Waals surface area contributed by atoms with Gasteiger partial charge in [-0.1, -0.05) is 0 Å². The molecule has 0 aromatic carbocycles. The van der Waals surface area contributed by atoms with E-state index in [0.717, 1.165) is 0 Å². The Morgan fingerprint density at radius 2 is 2.36 bits per heavy atom. The highest BCUT2D eigenvalue weighted by Crippen LogP contribution is 2.28. The first kappa shape index (κ1) is 6.82.